The Morgan fingerprint density at radius 1 is 1.14 bits per heavy atom. The van der Waals surface area contributed by atoms with Gasteiger partial charge in [0.1, 0.15) is 11.9 Å². The van der Waals surface area contributed by atoms with Gasteiger partial charge in [0.15, 0.2) is 0 Å². The Labute approximate surface area is 128 Å². The fourth-order valence-electron chi connectivity index (χ4n) is 2.97. The maximum absolute atomic E-state index is 13.1. The molecule has 0 saturated carbocycles. The van der Waals surface area contributed by atoms with Crippen molar-refractivity contribution in [2.24, 2.45) is 0 Å². The molecule has 0 spiro atoms. The van der Waals surface area contributed by atoms with Crippen LogP contribution in [-0.4, -0.2) is 26.8 Å². The highest BCUT2D eigenvalue weighted by Crippen LogP contribution is 2.36. The van der Waals surface area contributed by atoms with Crippen molar-refractivity contribution in [3.63, 3.8) is 0 Å². The SMILES string of the molecule is C[C@H]1C(c2ccc(F)cc2)=[N+]([O-])[C@@](C)(c2ccccc2)N1O. The Kier molecular flexibility index (Phi) is 3.47. The summed E-state index contributed by atoms with van der Waals surface area (Å²) in [6.45, 7) is 3.42. The summed E-state index contributed by atoms with van der Waals surface area (Å²) in [5.74, 6) is -0.362. The fraction of sp³-hybridized carbons (Fsp3) is 0.235. The van der Waals surface area contributed by atoms with E-state index in [1.807, 2.05) is 18.2 Å². The maximum atomic E-state index is 13.1. The first-order valence-corrected chi connectivity index (χ1v) is 7.10. The lowest BCUT2D eigenvalue weighted by atomic mass is 10.0. The minimum atomic E-state index is -1.22. The number of halogens is 1. The molecule has 3 rings (SSSR count). The van der Waals surface area contributed by atoms with Crippen molar-refractivity contribution < 1.29 is 14.3 Å². The van der Waals surface area contributed by atoms with Crippen molar-refractivity contribution in [1.82, 2.24) is 5.06 Å². The molecule has 0 unspecified atom stereocenters. The van der Waals surface area contributed by atoms with Crippen LogP contribution in [0.2, 0.25) is 0 Å². The van der Waals surface area contributed by atoms with E-state index in [0.29, 0.717) is 16.8 Å². The third kappa shape index (κ3) is 2.01. The van der Waals surface area contributed by atoms with E-state index in [1.54, 1.807) is 38.1 Å². The first-order chi connectivity index (χ1) is 10.5. The van der Waals surface area contributed by atoms with Gasteiger partial charge in [-0.3, -0.25) is 0 Å². The molecular weight excluding hydrogens is 283 g/mol. The summed E-state index contributed by atoms with van der Waals surface area (Å²) >= 11 is 0. The summed E-state index contributed by atoms with van der Waals surface area (Å²) in [6.07, 6.45) is 0. The molecule has 0 fully saturated rings. The molecule has 2 atom stereocenters. The van der Waals surface area contributed by atoms with Gasteiger partial charge >= 0.3 is 0 Å². The Morgan fingerprint density at radius 3 is 2.32 bits per heavy atom. The van der Waals surface area contributed by atoms with Gasteiger partial charge in [-0.05, 0) is 31.2 Å². The van der Waals surface area contributed by atoms with Crippen LogP contribution in [0.4, 0.5) is 4.39 Å². The van der Waals surface area contributed by atoms with Gasteiger partial charge in [-0.25, -0.2) is 4.39 Å². The molecule has 1 aliphatic rings. The Morgan fingerprint density at radius 2 is 1.73 bits per heavy atom. The molecule has 5 heteroatoms. The quantitative estimate of drug-likeness (QED) is 0.685. The number of hydrogen-bond donors (Lipinski definition) is 1. The predicted octanol–water partition coefficient (Wildman–Crippen LogP) is 3.09. The van der Waals surface area contributed by atoms with Gasteiger partial charge in [0, 0.05) is 18.1 Å². The average Bonchev–Trinajstić information content (AvgIpc) is 2.71. The number of rotatable bonds is 2. The van der Waals surface area contributed by atoms with E-state index in [-0.39, 0.29) is 5.82 Å². The summed E-state index contributed by atoms with van der Waals surface area (Å²) in [6, 6.07) is 14.3. The molecule has 0 aliphatic carbocycles. The first kappa shape index (κ1) is 14.7. The molecule has 4 nitrogen and oxygen atoms in total. The molecule has 0 radical (unpaired) electrons. The number of nitrogens with zero attached hydrogens (tertiary/aromatic N) is 2. The van der Waals surface area contributed by atoms with Gasteiger partial charge < -0.3 is 10.4 Å². The predicted molar refractivity (Wildman–Crippen MR) is 81.0 cm³/mol. The van der Waals surface area contributed by atoms with Crippen molar-refractivity contribution in [2.75, 3.05) is 0 Å². The lowest BCUT2D eigenvalue weighted by molar-refractivity contribution is -0.595. The second kappa shape index (κ2) is 5.19. The molecule has 2 aromatic carbocycles. The second-order valence-corrected chi connectivity index (χ2v) is 5.59. The Bertz CT molecular complexity index is 715. The summed E-state index contributed by atoms with van der Waals surface area (Å²) in [5.41, 5.74) is 0.484. The van der Waals surface area contributed by atoms with Crippen molar-refractivity contribution in [3.05, 3.63) is 76.7 Å². The van der Waals surface area contributed by atoms with Crippen LogP contribution >= 0.6 is 0 Å². The van der Waals surface area contributed by atoms with Crippen LogP contribution in [0.15, 0.2) is 54.6 Å². The van der Waals surface area contributed by atoms with E-state index in [4.69, 9.17) is 0 Å². The van der Waals surface area contributed by atoms with Gasteiger partial charge in [0.05, 0.1) is 0 Å². The highest BCUT2D eigenvalue weighted by Gasteiger charge is 2.54. The molecule has 0 aromatic heterocycles. The molecule has 22 heavy (non-hydrogen) atoms. The van der Waals surface area contributed by atoms with Crippen LogP contribution in [0, 0.1) is 11.0 Å². The van der Waals surface area contributed by atoms with Gasteiger partial charge in [0.2, 0.25) is 5.71 Å². The van der Waals surface area contributed by atoms with Crippen molar-refractivity contribution >= 4 is 5.71 Å². The minimum Gasteiger partial charge on any atom is -0.622 e. The van der Waals surface area contributed by atoms with E-state index < -0.39 is 11.7 Å². The normalized spacial score (nSPS) is 25.7. The van der Waals surface area contributed by atoms with E-state index in [2.05, 4.69) is 0 Å². The van der Waals surface area contributed by atoms with Crippen LogP contribution in [0.3, 0.4) is 0 Å². The van der Waals surface area contributed by atoms with E-state index in [9.17, 15) is 14.8 Å². The number of hydroxylamine groups is 3. The highest BCUT2D eigenvalue weighted by molar-refractivity contribution is 6.01. The number of benzene rings is 2. The third-order valence-corrected chi connectivity index (χ3v) is 4.28. The standard InChI is InChI=1S/C17H17FN2O2/c1-12-16(13-8-10-15(18)11-9-13)20(22)17(2,19(12)21)14-6-4-3-5-7-14/h3-12,21H,1-2H3/t12-,17-/m0/s1. The summed E-state index contributed by atoms with van der Waals surface area (Å²) in [7, 11) is 0. The molecule has 2 aromatic rings. The Balaban J connectivity index is 2.16. The zero-order valence-electron chi connectivity index (χ0n) is 12.4. The van der Waals surface area contributed by atoms with E-state index >= 15 is 0 Å². The van der Waals surface area contributed by atoms with Gasteiger partial charge in [-0.2, -0.15) is 4.74 Å². The van der Waals surface area contributed by atoms with Gasteiger partial charge in [0.25, 0.3) is 5.66 Å². The van der Waals surface area contributed by atoms with E-state index in [0.717, 1.165) is 9.80 Å². The van der Waals surface area contributed by atoms with Gasteiger partial charge in [-0.1, -0.05) is 30.3 Å². The molecule has 0 amide bonds. The molecule has 114 valence electrons. The van der Waals surface area contributed by atoms with Crippen molar-refractivity contribution in [3.8, 4) is 0 Å². The van der Waals surface area contributed by atoms with Gasteiger partial charge in [-0.15, -0.1) is 5.06 Å². The zero-order chi connectivity index (χ0) is 15.9. The second-order valence-electron chi connectivity index (χ2n) is 5.59. The molecule has 0 saturated heterocycles. The summed E-state index contributed by atoms with van der Waals surface area (Å²) in [4.78, 5) is 0. The van der Waals surface area contributed by atoms with Crippen molar-refractivity contribution in [2.45, 2.75) is 25.6 Å². The molecule has 0 bridgehead atoms. The third-order valence-electron chi connectivity index (χ3n) is 4.28. The lowest BCUT2D eigenvalue weighted by Crippen LogP contribution is -2.45. The lowest BCUT2D eigenvalue weighted by Gasteiger charge is -2.29. The monoisotopic (exact) mass is 300 g/mol. The molecule has 1 aliphatic heterocycles. The van der Waals surface area contributed by atoms with Crippen molar-refractivity contribution in [1.29, 1.82) is 0 Å². The topological polar surface area (TPSA) is 49.5 Å². The maximum Gasteiger partial charge on any atom is 0.274 e. The van der Waals surface area contributed by atoms with Crippen LogP contribution in [0.25, 0.3) is 0 Å². The Hall–Kier alpha value is -2.24. The minimum absolute atomic E-state index is 0.362. The average molecular weight is 300 g/mol. The van der Waals surface area contributed by atoms with E-state index in [1.165, 1.54) is 12.1 Å². The molecule has 1 N–H and O–H groups in total. The zero-order valence-corrected chi connectivity index (χ0v) is 12.4. The highest BCUT2D eigenvalue weighted by atomic mass is 19.1. The first-order valence-electron chi connectivity index (χ1n) is 7.10. The van der Waals surface area contributed by atoms with Crippen LogP contribution in [-0.2, 0) is 5.66 Å². The molecular formula is C17H17FN2O2. The number of hydrogen-bond acceptors (Lipinski definition) is 3. The van der Waals surface area contributed by atoms with Crippen LogP contribution < -0.4 is 0 Å². The summed E-state index contributed by atoms with van der Waals surface area (Å²) < 4.78 is 13.9. The summed E-state index contributed by atoms with van der Waals surface area (Å²) in [5, 5.41) is 24.5. The smallest absolute Gasteiger partial charge is 0.274 e. The van der Waals surface area contributed by atoms with Crippen LogP contribution in [0.5, 0.6) is 0 Å². The largest absolute Gasteiger partial charge is 0.622 e. The molecule has 1 heterocycles. The van der Waals surface area contributed by atoms with Crippen LogP contribution in [0.1, 0.15) is 25.0 Å². The fourth-order valence-corrected chi connectivity index (χ4v) is 2.97.